The Morgan fingerprint density at radius 2 is 2.40 bits per heavy atom. The van der Waals surface area contributed by atoms with Crippen LogP contribution in [0, 0.1) is 0 Å². The molecule has 0 spiro atoms. The maximum Gasteiger partial charge on any atom is 0.271 e. The smallest absolute Gasteiger partial charge is 0.271 e. The van der Waals surface area contributed by atoms with Crippen LogP contribution in [0.2, 0.25) is 0 Å². The lowest BCUT2D eigenvalue weighted by Gasteiger charge is -2.16. The van der Waals surface area contributed by atoms with Crippen molar-refractivity contribution in [1.82, 2.24) is 14.7 Å². The summed E-state index contributed by atoms with van der Waals surface area (Å²) < 4.78 is 1.54. The van der Waals surface area contributed by atoms with Crippen molar-refractivity contribution >= 4 is 23.1 Å². The van der Waals surface area contributed by atoms with Gasteiger partial charge in [0.15, 0.2) is 0 Å². The van der Waals surface area contributed by atoms with E-state index in [4.69, 9.17) is 18.0 Å². The Hall–Kier alpha value is -1.43. The highest BCUT2D eigenvalue weighted by molar-refractivity contribution is 7.80. The van der Waals surface area contributed by atoms with Gasteiger partial charge in [0.25, 0.3) is 5.91 Å². The lowest BCUT2D eigenvalue weighted by molar-refractivity contribution is 0.0788. The van der Waals surface area contributed by atoms with Gasteiger partial charge in [0.05, 0.1) is 4.99 Å². The van der Waals surface area contributed by atoms with Crippen LogP contribution in [0.15, 0.2) is 12.3 Å². The van der Waals surface area contributed by atoms with E-state index in [0.717, 1.165) is 0 Å². The van der Waals surface area contributed by atoms with Crippen LogP contribution in [0.3, 0.4) is 0 Å². The third-order valence-corrected chi connectivity index (χ3v) is 2.28. The average Bonchev–Trinajstić information content (AvgIpc) is 2.59. The van der Waals surface area contributed by atoms with Gasteiger partial charge in [-0.2, -0.15) is 5.10 Å². The Balaban J connectivity index is 2.61. The number of nitrogens with zero attached hydrogens (tertiary/aromatic N) is 3. The molecule has 0 aromatic carbocycles. The summed E-state index contributed by atoms with van der Waals surface area (Å²) in [6.07, 6.45) is 2.13. The normalized spacial score (nSPS) is 10.0. The predicted octanol–water partition coefficient (Wildman–Crippen LogP) is 0.168. The van der Waals surface area contributed by atoms with E-state index in [-0.39, 0.29) is 5.91 Å². The van der Waals surface area contributed by atoms with Gasteiger partial charge in [-0.05, 0) is 6.07 Å². The molecule has 82 valence electrons. The van der Waals surface area contributed by atoms with Crippen molar-refractivity contribution in [2.75, 3.05) is 13.6 Å². The average molecular weight is 226 g/mol. The quantitative estimate of drug-likeness (QED) is 0.743. The lowest BCUT2D eigenvalue weighted by Crippen LogP contribution is -2.31. The lowest BCUT2D eigenvalue weighted by atomic mass is 10.3. The van der Waals surface area contributed by atoms with Crippen LogP contribution < -0.4 is 5.73 Å². The zero-order chi connectivity index (χ0) is 11.4. The van der Waals surface area contributed by atoms with Crippen LogP contribution in [0.1, 0.15) is 16.9 Å². The Morgan fingerprint density at radius 3 is 2.87 bits per heavy atom. The van der Waals surface area contributed by atoms with E-state index in [1.54, 1.807) is 35.9 Å². The number of rotatable bonds is 4. The highest BCUT2D eigenvalue weighted by Gasteiger charge is 2.14. The van der Waals surface area contributed by atoms with E-state index < -0.39 is 0 Å². The molecule has 0 bridgehead atoms. The van der Waals surface area contributed by atoms with Crippen LogP contribution in [-0.2, 0) is 7.05 Å². The van der Waals surface area contributed by atoms with Gasteiger partial charge in [-0.3, -0.25) is 9.48 Å². The Bertz CT molecular complexity index is 374. The second-order valence-electron chi connectivity index (χ2n) is 3.28. The molecular weight excluding hydrogens is 212 g/mol. The molecule has 1 heterocycles. The van der Waals surface area contributed by atoms with Gasteiger partial charge < -0.3 is 10.6 Å². The van der Waals surface area contributed by atoms with Crippen molar-refractivity contribution in [2.45, 2.75) is 6.42 Å². The fourth-order valence-corrected chi connectivity index (χ4v) is 1.25. The summed E-state index contributed by atoms with van der Waals surface area (Å²) in [5, 5.41) is 3.93. The second-order valence-corrected chi connectivity index (χ2v) is 3.81. The fourth-order valence-electron chi connectivity index (χ4n) is 1.16. The maximum absolute atomic E-state index is 11.8. The van der Waals surface area contributed by atoms with E-state index >= 15 is 0 Å². The molecule has 15 heavy (non-hydrogen) atoms. The molecule has 0 aliphatic heterocycles. The van der Waals surface area contributed by atoms with Gasteiger partial charge in [-0.15, -0.1) is 0 Å². The first kappa shape index (κ1) is 11.6. The van der Waals surface area contributed by atoms with Crippen molar-refractivity contribution in [3.8, 4) is 0 Å². The van der Waals surface area contributed by atoms with Crippen LogP contribution in [0.4, 0.5) is 0 Å². The summed E-state index contributed by atoms with van der Waals surface area (Å²) in [7, 11) is 3.45. The molecule has 1 amide bonds. The van der Waals surface area contributed by atoms with Crippen LogP contribution in [0.5, 0.6) is 0 Å². The molecule has 0 atom stereocenters. The molecule has 0 saturated heterocycles. The summed E-state index contributed by atoms with van der Waals surface area (Å²) in [4.78, 5) is 13.8. The van der Waals surface area contributed by atoms with E-state index in [9.17, 15) is 4.79 Å². The monoisotopic (exact) mass is 226 g/mol. The molecule has 0 radical (unpaired) electrons. The number of hydrogen-bond donors (Lipinski definition) is 1. The molecule has 1 rings (SSSR count). The summed E-state index contributed by atoms with van der Waals surface area (Å²) in [6, 6.07) is 1.68. The standard InChI is InChI=1S/C9H14N4OS/c1-12(6-4-8(10)15)9(14)7-3-5-11-13(7)2/h3,5H,4,6H2,1-2H3,(H2,10,15). The number of hydrogen-bond acceptors (Lipinski definition) is 3. The van der Waals surface area contributed by atoms with Crippen LogP contribution in [-0.4, -0.2) is 39.2 Å². The Morgan fingerprint density at radius 1 is 1.73 bits per heavy atom. The number of aromatic nitrogens is 2. The van der Waals surface area contributed by atoms with Crippen molar-refractivity contribution in [3.05, 3.63) is 18.0 Å². The summed E-state index contributed by atoms with van der Waals surface area (Å²) >= 11 is 4.75. The van der Waals surface area contributed by atoms with E-state index in [1.807, 2.05) is 0 Å². The topological polar surface area (TPSA) is 64.2 Å². The summed E-state index contributed by atoms with van der Waals surface area (Å²) in [6.45, 7) is 0.527. The van der Waals surface area contributed by atoms with Gasteiger partial charge in [-0.25, -0.2) is 0 Å². The number of thiocarbonyl (C=S) groups is 1. The van der Waals surface area contributed by atoms with Crippen molar-refractivity contribution in [1.29, 1.82) is 0 Å². The van der Waals surface area contributed by atoms with E-state index in [0.29, 0.717) is 23.6 Å². The zero-order valence-corrected chi connectivity index (χ0v) is 9.62. The molecule has 5 nitrogen and oxygen atoms in total. The first-order valence-electron chi connectivity index (χ1n) is 4.54. The van der Waals surface area contributed by atoms with Crippen molar-refractivity contribution in [2.24, 2.45) is 12.8 Å². The van der Waals surface area contributed by atoms with Gasteiger partial charge in [0, 0.05) is 33.3 Å². The molecule has 6 heteroatoms. The fraction of sp³-hybridized carbons (Fsp3) is 0.444. The molecule has 2 N–H and O–H groups in total. The van der Waals surface area contributed by atoms with Crippen molar-refractivity contribution in [3.63, 3.8) is 0 Å². The minimum Gasteiger partial charge on any atom is -0.393 e. The molecule has 1 aromatic heterocycles. The zero-order valence-electron chi connectivity index (χ0n) is 8.80. The number of carbonyl (C=O) groups excluding carboxylic acids is 1. The molecule has 1 aromatic rings. The molecule has 0 unspecified atom stereocenters. The molecule has 0 aliphatic rings. The van der Waals surface area contributed by atoms with Gasteiger partial charge in [0.1, 0.15) is 5.69 Å². The number of carbonyl (C=O) groups is 1. The highest BCUT2D eigenvalue weighted by Crippen LogP contribution is 2.02. The first-order chi connectivity index (χ1) is 7.02. The minimum atomic E-state index is -0.0775. The minimum absolute atomic E-state index is 0.0775. The number of amides is 1. The molecule has 0 fully saturated rings. The summed E-state index contributed by atoms with van der Waals surface area (Å²) in [5.74, 6) is -0.0775. The van der Waals surface area contributed by atoms with E-state index in [2.05, 4.69) is 5.10 Å². The SMILES string of the molecule is CN(CCC(N)=S)C(=O)c1ccnn1C. The number of aryl methyl sites for hydroxylation is 1. The van der Waals surface area contributed by atoms with Gasteiger partial charge in [-0.1, -0.05) is 12.2 Å². The number of nitrogens with two attached hydrogens (primary N) is 1. The highest BCUT2D eigenvalue weighted by atomic mass is 32.1. The van der Waals surface area contributed by atoms with E-state index in [1.165, 1.54) is 0 Å². The Kier molecular flexibility index (Phi) is 3.79. The third kappa shape index (κ3) is 3.02. The van der Waals surface area contributed by atoms with Crippen molar-refractivity contribution < 1.29 is 4.79 Å². The largest absolute Gasteiger partial charge is 0.393 e. The summed E-state index contributed by atoms with van der Waals surface area (Å²) in [5.41, 5.74) is 5.92. The maximum atomic E-state index is 11.8. The first-order valence-corrected chi connectivity index (χ1v) is 4.95. The predicted molar refractivity (Wildman–Crippen MR) is 61.6 cm³/mol. The van der Waals surface area contributed by atoms with Gasteiger partial charge in [0.2, 0.25) is 0 Å². The van der Waals surface area contributed by atoms with Crippen LogP contribution in [0.25, 0.3) is 0 Å². The second kappa shape index (κ2) is 4.88. The van der Waals surface area contributed by atoms with Gasteiger partial charge >= 0.3 is 0 Å². The third-order valence-electron chi connectivity index (χ3n) is 2.08. The molecule has 0 aliphatic carbocycles. The molecule has 0 saturated carbocycles. The Labute approximate surface area is 93.8 Å². The van der Waals surface area contributed by atoms with Crippen LogP contribution >= 0.6 is 12.2 Å². The molecular formula is C9H14N4OS.